The van der Waals surface area contributed by atoms with Crippen LogP contribution in [0.4, 0.5) is 10.1 Å². The van der Waals surface area contributed by atoms with Crippen LogP contribution in [0.1, 0.15) is 15.9 Å². The molecule has 0 fully saturated rings. The second kappa shape index (κ2) is 7.56. The number of carbonyl (C=O) groups excluding carboxylic acids is 1. The predicted octanol–water partition coefficient (Wildman–Crippen LogP) is 4.15. The minimum absolute atomic E-state index is 0.0191. The number of halogens is 2. The van der Waals surface area contributed by atoms with Gasteiger partial charge in [0.15, 0.2) is 0 Å². The second-order valence-corrected chi connectivity index (χ2v) is 6.29. The molecular formula is C15H12BrFN2O3S. The van der Waals surface area contributed by atoms with E-state index in [9.17, 15) is 19.3 Å². The van der Waals surface area contributed by atoms with Crippen molar-refractivity contribution in [1.82, 2.24) is 5.32 Å². The van der Waals surface area contributed by atoms with Crippen molar-refractivity contribution < 1.29 is 14.1 Å². The Morgan fingerprint density at radius 3 is 2.74 bits per heavy atom. The smallest absolute Gasteiger partial charge is 0.282 e. The van der Waals surface area contributed by atoms with E-state index in [1.807, 2.05) is 6.26 Å². The normalized spacial score (nSPS) is 10.4. The average molecular weight is 399 g/mol. The molecule has 2 rings (SSSR count). The monoisotopic (exact) mass is 398 g/mol. The molecular weight excluding hydrogens is 387 g/mol. The number of carbonyl (C=O) groups is 1. The molecule has 0 radical (unpaired) electrons. The van der Waals surface area contributed by atoms with E-state index in [1.165, 1.54) is 42.1 Å². The molecule has 0 aliphatic heterocycles. The summed E-state index contributed by atoms with van der Waals surface area (Å²) >= 11 is 4.65. The molecule has 0 spiro atoms. The summed E-state index contributed by atoms with van der Waals surface area (Å²) in [6.07, 6.45) is 1.81. The van der Waals surface area contributed by atoms with Crippen molar-refractivity contribution in [1.29, 1.82) is 0 Å². The first kappa shape index (κ1) is 17.4. The number of nitro benzene ring substituents is 1. The third-order valence-electron chi connectivity index (χ3n) is 3.09. The zero-order chi connectivity index (χ0) is 17.0. The van der Waals surface area contributed by atoms with Crippen molar-refractivity contribution in [3.8, 4) is 0 Å². The molecule has 0 bridgehead atoms. The fourth-order valence-electron chi connectivity index (χ4n) is 1.93. The summed E-state index contributed by atoms with van der Waals surface area (Å²) in [6, 6.07) is 8.48. The summed E-state index contributed by atoms with van der Waals surface area (Å²) in [6.45, 7) is 0.0534. The summed E-state index contributed by atoms with van der Waals surface area (Å²) < 4.78 is 13.9. The van der Waals surface area contributed by atoms with Gasteiger partial charge in [0.05, 0.1) is 4.92 Å². The zero-order valence-electron chi connectivity index (χ0n) is 12.0. The third-order valence-corrected chi connectivity index (χ3v) is 4.59. The van der Waals surface area contributed by atoms with Crippen LogP contribution in [0, 0.1) is 15.9 Å². The average Bonchev–Trinajstić information content (AvgIpc) is 2.54. The van der Waals surface area contributed by atoms with E-state index < -0.39 is 16.6 Å². The molecule has 2 aromatic rings. The Labute approximate surface area is 144 Å². The molecule has 0 atom stereocenters. The van der Waals surface area contributed by atoms with Gasteiger partial charge in [0.25, 0.3) is 11.6 Å². The molecule has 0 heterocycles. The van der Waals surface area contributed by atoms with Crippen LogP contribution in [0.3, 0.4) is 0 Å². The second-order valence-electron chi connectivity index (χ2n) is 4.56. The Hall–Kier alpha value is -1.93. The van der Waals surface area contributed by atoms with Crippen LogP contribution in [0.15, 0.2) is 45.8 Å². The van der Waals surface area contributed by atoms with Crippen molar-refractivity contribution in [3.05, 3.63) is 67.9 Å². The van der Waals surface area contributed by atoms with E-state index in [-0.39, 0.29) is 17.8 Å². The Morgan fingerprint density at radius 1 is 1.35 bits per heavy atom. The molecule has 120 valence electrons. The molecule has 2 aromatic carbocycles. The highest BCUT2D eigenvalue weighted by Crippen LogP contribution is 2.25. The summed E-state index contributed by atoms with van der Waals surface area (Å²) in [5.41, 5.74) is 0.259. The topological polar surface area (TPSA) is 72.2 Å². The molecule has 8 heteroatoms. The number of rotatable bonds is 5. The highest BCUT2D eigenvalue weighted by Gasteiger charge is 2.20. The van der Waals surface area contributed by atoms with Gasteiger partial charge in [-0.05, 0) is 42.2 Å². The number of hydrogen-bond acceptors (Lipinski definition) is 4. The number of nitrogens with one attached hydrogen (secondary N) is 1. The number of nitro groups is 1. The zero-order valence-corrected chi connectivity index (χ0v) is 14.4. The molecule has 0 aliphatic carbocycles. The largest absolute Gasteiger partial charge is 0.348 e. The summed E-state index contributed by atoms with van der Waals surface area (Å²) in [5, 5.41) is 13.6. The van der Waals surface area contributed by atoms with E-state index in [2.05, 4.69) is 21.2 Å². The maximum Gasteiger partial charge on any atom is 0.282 e. The lowest BCUT2D eigenvalue weighted by Gasteiger charge is -2.09. The van der Waals surface area contributed by atoms with Gasteiger partial charge in [-0.25, -0.2) is 4.39 Å². The maximum atomic E-state index is 13.2. The van der Waals surface area contributed by atoms with Crippen LogP contribution >= 0.6 is 27.7 Å². The van der Waals surface area contributed by atoms with Crippen molar-refractivity contribution >= 4 is 39.3 Å². The summed E-state index contributed by atoms with van der Waals surface area (Å²) in [5.74, 6) is -1.00. The van der Waals surface area contributed by atoms with Gasteiger partial charge in [-0.3, -0.25) is 14.9 Å². The van der Waals surface area contributed by atoms with E-state index in [4.69, 9.17) is 0 Å². The highest BCUT2D eigenvalue weighted by molar-refractivity contribution is 9.10. The molecule has 1 amide bonds. The first-order valence-electron chi connectivity index (χ1n) is 6.47. The van der Waals surface area contributed by atoms with Crippen LogP contribution in [-0.4, -0.2) is 17.1 Å². The van der Waals surface area contributed by atoms with Gasteiger partial charge < -0.3 is 5.32 Å². The Morgan fingerprint density at radius 2 is 2.09 bits per heavy atom. The van der Waals surface area contributed by atoms with Gasteiger partial charge >= 0.3 is 0 Å². The van der Waals surface area contributed by atoms with Crippen LogP contribution in [-0.2, 0) is 6.54 Å². The highest BCUT2D eigenvalue weighted by atomic mass is 79.9. The fraction of sp³-hybridized carbons (Fsp3) is 0.133. The minimum Gasteiger partial charge on any atom is -0.348 e. The molecule has 23 heavy (non-hydrogen) atoms. The maximum absolute atomic E-state index is 13.2. The number of amides is 1. The van der Waals surface area contributed by atoms with Crippen molar-refractivity contribution in [2.45, 2.75) is 11.4 Å². The Balaban J connectivity index is 2.23. The van der Waals surface area contributed by atoms with Crippen molar-refractivity contribution in [2.75, 3.05) is 6.26 Å². The third kappa shape index (κ3) is 4.29. The number of thioether (sulfide) groups is 1. The molecule has 0 unspecified atom stereocenters. The molecule has 0 aliphatic rings. The van der Waals surface area contributed by atoms with E-state index in [1.54, 1.807) is 6.07 Å². The first-order chi connectivity index (χ1) is 10.9. The number of nitrogens with zero attached hydrogens (tertiary/aromatic N) is 1. The lowest BCUT2D eigenvalue weighted by atomic mass is 10.1. The number of benzene rings is 2. The molecule has 0 saturated heterocycles. The Kier molecular flexibility index (Phi) is 5.73. The summed E-state index contributed by atoms with van der Waals surface area (Å²) in [4.78, 5) is 23.5. The van der Waals surface area contributed by atoms with Gasteiger partial charge in [-0.2, -0.15) is 0 Å². The van der Waals surface area contributed by atoms with E-state index in [0.29, 0.717) is 10.0 Å². The standard InChI is InChI=1S/C15H12BrFN2O3S/c1-23-11-3-5-14(19(21)22)12(7-11)15(20)18-8-9-6-10(17)2-4-13(9)16/h2-7H,8H2,1H3,(H,18,20). The van der Waals surface area contributed by atoms with Gasteiger partial charge in [0.2, 0.25) is 0 Å². The van der Waals surface area contributed by atoms with E-state index in [0.717, 1.165) is 4.90 Å². The molecule has 0 aromatic heterocycles. The molecule has 0 saturated carbocycles. The van der Waals surface area contributed by atoms with Gasteiger partial charge in [-0.1, -0.05) is 15.9 Å². The van der Waals surface area contributed by atoms with Gasteiger partial charge in [-0.15, -0.1) is 11.8 Å². The predicted molar refractivity (Wildman–Crippen MR) is 90.1 cm³/mol. The van der Waals surface area contributed by atoms with Gasteiger partial charge in [0, 0.05) is 22.0 Å². The van der Waals surface area contributed by atoms with Crippen LogP contribution in [0.5, 0.6) is 0 Å². The summed E-state index contributed by atoms with van der Waals surface area (Å²) in [7, 11) is 0. The minimum atomic E-state index is -0.600. The molecule has 5 nitrogen and oxygen atoms in total. The first-order valence-corrected chi connectivity index (χ1v) is 8.48. The lowest BCUT2D eigenvalue weighted by molar-refractivity contribution is -0.385. The van der Waals surface area contributed by atoms with Crippen LogP contribution < -0.4 is 5.32 Å². The SMILES string of the molecule is CSc1ccc([N+](=O)[O-])c(C(=O)NCc2cc(F)ccc2Br)c1. The molecule has 1 N–H and O–H groups in total. The fourth-order valence-corrected chi connectivity index (χ4v) is 2.76. The van der Waals surface area contributed by atoms with Crippen molar-refractivity contribution in [3.63, 3.8) is 0 Å². The van der Waals surface area contributed by atoms with Crippen molar-refractivity contribution in [2.24, 2.45) is 0 Å². The van der Waals surface area contributed by atoms with Crippen LogP contribution in [0.25, 0.3) is 0 Å². The Bertz CT molecular complexity index is 770. The van der Waals surface area contributed by atoms with Gasteiger partial charge in [0.1, 0.15) is 11.4 Å². The lowest BCUT2D eigenvalue weighted by Crippen LogP contribution is -2.24. The quantitative estimate of drug-likeness (QED) is 0.466. The van der Waals surface area contributed by atoms with Crippen LogP contribution in [0.2, 0.25) is 0 Å². The van der Waals surface area contributed by atoms with E-state index >= 15 is 0 Å². The number of hydrogen-bond donors (Lipinski definition) is 1.